The molecule has 8 nitrogen and oxygen atoms in total. The van der Waals surface area contributed by atoms with E-state index in [0.717, 1.165) is 0 Å². The van der Waals surface area contributed by atoms with Crippen LogP contribution >= 0.6 is 7.14 Å². The second-order valence-corrected chi connectivity index (χ2v) is 16.9. The lowest BCUT2D eigenvalue weighted by Crippen LogP contribution is -2.50. The van der Waals surface area contributed by atoms with Crippen LogP contribution in [-0.2, 0) is 33.7 Å². The number of hydrogen-bond donors (Lipinski definition) is 1. The summed E-state index contributed by atoms with van der Waals surface area (Å²) in [4.78, 5) is 0. The summed E-state index contributed by atoms with van der Waals surface area (Å²) in [6.07, 6.45) is -1.63. The molecule has 1 heterocycles. The van der Waals surface area contributed by atoms with Crippen molar-refractivity contribution in [3.63, 3.8) is 0 Å². The molecule has 5 unspecified atom stereocenters. The second-order valence-electron chi connectivity index (χ2n) is 8.50. The number of aliphatic hydroxyl groups is 1. The summed E-state index contributed by atoms with van der Waals surface area (Å²) in [6, 6.07) is 0. The first-order valence-corrected chi connectivity index (χ1v) is 14.9. The second kappa shape index (κ2) is 7.12. The van der Waals surface area contributed by atoms with Gasteiger partial charge in [0.15, 0.2) is 30.5 Å². The molecule has 0 aromatic carbocycles. The van der Waals surface area contributed by atoms with Crippen LogP contribution in [0.3, 0.4) is 0 Å². The number of ether oxygens (including phenoxy) is 2. The lowest BCUT2D eigenvalue weighted by atomic mass is 9.77. The topological polar surface area (TPSA) is 124 Å². The highest BCUT2D eigenvalue weighted by Crippen LogP contribution is 2.42. The van der Waals surface area contributed by atoms with Gasteiger partial charge in [0.25, 0.3) is 0 Å². The van der Waals surface area contributed by atoms with Gasteiger partial charge in [-0.15, -0.1) is 0 Å². The van der Waals surface area contributed by atoms with Crippen molar-refractivity contribution in [1.82, 2.24) is 0 Å². The maximum absolute atomic E-state index is 12.4. The Kier molecular flexibility index (Phi) is 6.10. The summed E-state index contributed by atoms with van der Waals surface area (Å²) in [5, 5.41) is 9.52. The lowest BCUT2D eigenvalue weighted by molar-refractivity contribution is -0.155. The van der Waals surface area contributed by atoms with Gasteiger partial charge in [-0.05, 0) is 39.5 Å². The molecule has 1 saturated heterocycles. The molecule has 0 amide bonds. The smallest absolute Gasteiger partial charge is 0.171 e. The summed E-state index contributed by atoms with van der Waals surface area (Å²) in [6.45, 7) is 7.98. The highest BCUT2D eigenvalue weighted by Gasteiger charge is 2.53. The van der Waals surface area contributed by atoms with Gasteiger partial charge in [-0.25, -0.2) is 16.8 Å². The van der Waals surface area contributed by atoms with Crippen LogP contribution in [0.15, 0.2) is 0 Å². The Morgan fingerprint density at radius 3 is 2.15 bits per heavy atom. The zero-order chi connectivity index (χ0) is 20.1. The Hall–Kier alpha value is 0.01000. The maximum atomic E-state index is 12.4. The Balaban J connectivity index is 2.11. The van der Waals surface area contributed by atoms with Crippen LogP contribution in [0, 0.1) is 11.8 Å². The molecule has 1 N–H and O–H groups in total. The first kappa shape index (κ1) is 22.3. The summed E-state index contributed by atoms with van der Waals surface area (Å²) < 4.78 is 72.2. The Labute approximate surface area is 155 Å². The molecule has 1 saturated carbocycles. The van der Waals surface area contributed by atoms with E-state index in [1.807, 2.05) is 6.92 Å². The maximum Gasteiger partial charge on any atom is 0.171 e. The largest absolute Gasteiger partial charge is 0.390 e. The van der Waals surface area contributed by atoms with Crippen LogP contribution in [0.25, 0.3) is 0 Å². The number of aliphatic hydroxyl groups excluding tert-OH is 1. The number of sulfone groups is 2. The monoisotopic (exact) mass is 432 g/mol. The van der Waals surface area contributed by atoms with E-state index in [9.17, 15) is 26.5 Å². The zero-order valence-electron chi connectivity index (χ0n) is 15.8. The summed E-state index contributed by atoms with van der Waals surface area (Å²) in [5.74, 6) is -1.99. The highest BCUT2D eigenvalue weighted by molar-refractivity contribution is 8.10. The molecule has 2 fully saturated rings. The Bertz CT molecular complexity index is 782. The van der Waals surface area contributed by atoms with Gasteiger partial charge >= 0.3 is 0 Å². The zero-order valence-corrected chi connectivity index (χ0v) is 18.3. The molecule has 0 aromatic heterocycles. The average molecular weight is 432 g/mol. The van der Waals surface area contributed by atoms with Crippen LogP contribution in [0.2, 0.25) is 0 Å². The minimum atomic E-state index is -4.00. The van der Waals surface area contributed by atoms with Crippen LogP contribution in [0.4, 0.5) is 0 Å². The fourth-order valence-corrected chi connectivity index (χ4v) is 12.2. The van der Waals surface area contributed by atoms with Crippen molar-refractivity contribution in [3.05, 3.63) is 0 Å². The van der Waals surface area contributed by atoms with E-state index in [1.54, 1.807) is 13.8 Å². The molecule has 2 rings (SSSR count). The standard InChI is InChI=1S/C15H29O8PS2/c1-10-6-11(12(16)14-13(10)22-15(2,3)23-14)7-25(18,19)9-26(20,21)8-24(4,5)17/h10-14,16H,6-9H2,1-5H3. The Morgan fingerprint density at radius 1 is 1.08 bits per heavy atom. The minimum absolute atomic E-state index is 0.0338. The van der Waals surface area contributed by atoms with Gasteiger partial charge in [0, 0.05) is 5.92 Å². The van der Waals surface area contributed by atoms with Gasteiger partial charge < -0.3 is 19.1 Å². The van der Waals surface area contributed by atoms with Gasteiger partial charge in [0.05, 0.1) is 25.1 Å². The fourth-order valence-electron chi connectivity index (χ4n) is 3.87. The molecule has 154 valence electrons. The van der Waals surface area contributed by atoms with E-state index in [-0.39, 0.29) is 12.0 Å². The van der Waals surface area contributed by atoms with E-state index in [4.69, 9.17) is 9.47 Å². The van der Waals surface area contributed by atoms with Crippen molar-refractivity contribution in [1.29, 1.82) is 0 Å². The number of fused-ring (bicyclic) bond motifs is 1. The van der Waals surface area contributed by atoms with Crippen molar-refractivity contribution in [2.45, 2.75) is 51.3 Å². The molecule has 1 aliphatic heterocycles. The predicted molar refractivity (Wildman–Crippen MR) is 99.0 cm³/mol. The molecule has 26 heavy (non-hydrogen) atoms. The quantitative estimate of drug-likeness (QED) is 0.614. The van der Waals surface area contributed by atoms with Gasteiger partial charge in [-0.3, -0.25) is 0 Å². The number of rotatable bonds is 6. The van der Waals surface area contributed by atoms with Gasteiger partial charge in [0.2, 0.25) is 0 Å². The SMILES string of the molecule is CC1CC(CS(=O)(=O)CS(=O)(=O)CP(C)(C)=O)C(O)C2OC(C)(C)OC12. The van der Waals surface area contributed by atoms with E-state index in [1.165, 1.54) is 13.3 Å². The van der Waals surface area contributed by atoms with Crippen LogP contribution in [0.5, 0.6) is 0 Å². The molecule has 0 aromatic rings. The normalized spacial score (nSPS) is 35.2. The van der Waals surface area contributed by atoms with E-state index in [0.29, 0.717) is 6.42 Å². The summed E-state index contributed by atoms with van der Waals surface area (Å²) in [5.41, 5.74) is -0.640. The molecule has 0 bridgehead atoms. The first-order chi connectivity index (χ1) is 11.5. The van der Waals surface area contributed by atoms with Crippen LogP contribution < -0.4 is 0 Å². The van der Waals surface area contributed by atoms with Crippen molar-refractivity contribution < 1.29 is 36.0 Å². The van der Waals surface area contributed by atoms with Crippen molar-refractivity contribution in [2.75, 3.05) is 29.7 Å². The van der Waals surface area contributed by atoms with Gasteiger partial charge in [-0.1, -0.05) is 6.92 Å². The van der Waals surface area contributed by atoms with Crippen molar-refractivity contribution in [2.24, 2.45) is 11.8 Å². The molecular weight excluding hydrogens is 403 g/mol. The highest BCUT2D eigenvalue weighted by atomic mass is 32.3. The molecule has 5 atom stereocenters. The van der Waals surface area contributed by atoms with Crippen LogP contribution in [0.1, 0.15) is 27.2 Å². The van der Waals surface area contributed by atoms with E-state index >= 15 is 0 Å². The van der Waals surface area contributed by atoms with Crippen molar-refractivity contribution >= 4 is 26.8 Å². The third kappa shape index (κ3) is 5.75. The van der Waals surface area contributed by atoms with E-state index < -0.39 is 67.1 Å². The molecule has 1 aliphatic carbocycles. The summed E-state index contributed by atoms with van der Waals surface area (Å²) >= 11 is 0. The Morgan fingerprint density at radius 2 is 1.62 bits per heavy atom. The summed E-state index contributed by atoms with van der Waals surface area (Å²) in [7, 11) is -10.9. The number of hydrogen-bond acceptors (Lipinski definition) is 8. The molecule has 0 radical (unpaired) electrons. The average Bonchev–Trinajstić information content (AvgIpc) is 2.67. The molecule has 0 spiro atoms. The molecule has 11 heteroatoms. The molecular formula is C15H29O8PS2. The van der Waals surface area contributed by atoms with Crippen molar-refractivity contribution in [3.8, 4) is 0 Å². The predicted octanol–water partition coefficient (Wildman–Crippen LogP) is 0.891. The van der Waals surface area contributed by atoms with Crippen LogP contribution in [-0.4, -0.2) is 75.7 Å². The lowest BCUT2D eigenvalue weighted by Gasteiger charge is -2.38. The minimum Gasteiger partial charge on any atom is -0.390 e. The fraction of sp³-hybridized carbons (Fsp3) is 1.00. The third-order valence-electron chi connectivity index (χ3n) is 4.55. The van der Waals surface area contributed by atoms with E-state index in [2.05, 4.69) is 0 Å². The van der Waals surface area contributed by atoms with Gasteiger partial charge in [0.1, 0.15) is 11.6 Å². The van der Waals surface area contributed by atoms with Gasteiger partial charge in [-0.2, -0.15) is 0 Å². The first-order valence-electron chi connectivity index (χ1n) is 8.49. The molecule has 2 aliphatic rings. The third-order valence-corrected chi connectivity index (χ3v) is 12.4.